The van der Waals surface area contributed by atoms with Crippen LogP contribution in [0, 0.1) is 18.3 Å². The molecule has 2 aliphatic heterocycles. The molecule has 10 heteroatoms. The molecule has 2 aromatic carbocycles. The second-order valence-corrected chi connectivity index (χ2v) is 10.4. The number of hydrogen-bond donors (Lipinski definition) is 3. The van der Waals surface area contributed by atoms with E-state index in [1.165, 1.54) is 23.1 Å². The van der Waals surface area contributed by atoms with Crippen LogP contribution >= 0.6 is 11.6 Å². The number of benzene rings is 2. The monoisotopic (exact) mass is 521 g/mol. The molecule has 5 rings (SSSR count). The first kappa shape index (κ1) is 24.8. The van der Waals surface area contributed by atoms with Gasteiger partial charge in [0.2, 0.25) is 5.91 Å². The van der Waals surface area contributed by atoms with E-state index in [-0.39, 0.29) is 35.9 Å². The van der Waals surface area contributed by atoms with Crippen molar-refractivity contribution in [1.29, 1.82) is 0 Å². The fourth-order valence-electron chi connectivity index (χ4n) is 5.41. The number of aromatic nitrogens is 1. The molecule has 3 N–H and O–H groups in total. The van der Waals surface area contributed by atoms with Crippen molar-refractivity contribution in [3.63, 3.8) is 0 Å². The van der Waals surface area contributed by atoms with Crippen LogP contribution in [0.2, 0.25) is 5.02 Å². The van der Waals surface area contributed by atoms with E-state index >= 15 is 0 Å². The Bertz CT molecular complexity index is 1480. The van der Waals surface area contributed by atoms with Gasteiger partial charge < -0.3 is 15.6 Å². The Balaban J connectivity index is 1.44. The van der Waals surface area contributed by atoms with Gasteiger partial charge in [0.15, 0.2) is 0 Å². The smallest absolute Gasteiger partial charge is 0.302 e. The number of amides is 3. The number of halogens is 2. The Morgan fingerprint density at radius 2 is 2.05 bits per heavy atom. The summed E-state index contributed by atoms with van der Waals surface area (Å²) in [5.74, 6) is -1.73. The molecule has 1 saturated heterocycles. The van der Waals surface area contributed by atoms with Crippen molar-refractivity contribution >= 4 is 45.9 Å². The summed E-state index contributed by atoms with van der Waals surface area (Å²) in [6, 6.07) is 10.1. The highest BCUT2D eigenvalue weighted by molar-refractivity contribution is 6.33. The average molecular weight is 522 g/mol. The third-order valence-corrected chi connectivity index (χ3v) is 7.42. The van der Waals surface area contributed by atoms with Crippen molar-refractivity contribution in [2.24, 2.45) is 5.92 Å². The summed E-state index contributed by atoms with van der Waals surface area (Å²) in [7, 11) is 0. The van der Waals surface area contributed by atoms with E-state index in [4.69, 9.17) is 18.2 Å². The normalized spacial score (nSPS) is 21.2. The fraction of sp³-hybridized carbons (Fsp3) is 0.333. The van der Waals surface area contributed by atoms with E-state index in [9.17, 15) is 18.8 Å². The van der Waals surface area contributed by atoms with Crippen LogP contribution < -0.4 is 10.6 Å². The minimum Gasteiger partial charge on any atom is -0.350 e. The van der Waals surface area contributed by atoms with Gasteiger partial charge in [0.25, 0.3) is 11.8 Å². The molecule has 0 radical (unpaired) electrons. The molecule has 0 saturated carbocycles. The third-order valence-electron chi connectivity index (χ3n) is 7.10. The molecule has 3 aromatic rings. The number of anilines is 1. The maximum absolute atomic E-state index is 14.1. The standard InChI is InChI=1S/C27H25ClFN5O3/c1-14(2)10-21(32-24(35)20-11-15-17(29)7-5-8-18(15)31-20)25(36)34-13-27(12-22(34)30-3)23-16(28)6-4-9-19(23)33-26(27)37/h4-9,11,14,21-22,31H,10,12-13H2,1-2H3,(H,32,35)(H,33,37)/t21-,22-,27-/m0/s1. The molecule has 190 valence electrons. The van der Waals surface area contributed by atoms with E-state index in [1.54, 1.807) is 24.3 Å². The molecule has 3 heterocycles. The van der Waals surface area contributed by atoms with Gasteiger partial charge in [0, 0.05) is 33.7 Å². The van der Waals surface area contributed by atoms with Crippen LogP contribution in [-0.2, 0) is 15.0 Å². The highest BCUT2D eigenvalue weighted by Gasteiger charge is 2.59. The number of rotatable bonds is 5. The minimum absolute atomic E-state index is 0.0243. The van der Waals surface area contributed by atoms with Crippen molar-refractivity contribution < 1.29 is 18.8 Å². The maximum atomic E-state index is 14.1. The van der Waals surface area contributed by atoms with Gasteiger partial charge in [-0.15, -0.1) is 0 Å². The number of H-pyrrole nitrogens is 1. The first-order chi connectivity index (χ1) is 17.6. The Morgan fingerprint density at radius 3 is 2.76 bits per heavy atom. The zero-order valence-corrected chi connectivity index (χ0v) is 21.0. The largest absolute Gasteiger partial charge is 0.350 e. The van der Waals surface area contributed by atoms with Crippen molar-refractivity contribution in [2.45, 2.75) is 44.3 Å². The summed E-state index contributed by atoms with van der Waals surface area (Å²) < 4.78 is 14.1. The summed E-state index contributed by atoms with van der Waals surface area (Å²) in [6.45, 7) is 11.6. The summed E-state index contributed by atoms with van der Waals surface area (Å²) >= 11 is 6.48. The van der Waals surface area contributed by atoms with Gasteiger partial charge in [-0.05, 0) is 42.7 Å². The van der Waals surface area contributed by atoms with E-state index in [2.05, 4.69) is 20.5 Å². The van der Waals surface area contributed by atoms with Crippen molar-refractivity contribution in [3.8, 4) is 0 Å². The van der Waals surface area contributed by atoms with E-state index < -0.39 is 35.3 Å². The van der Waals surface area contributed by atoms with Crippen molar-refractivity contribution in [3.05, 3.63) is 76.0 Å². The lowest BCUT2D eigenvalue weighted by Crippen LogP contribution is -2.51. The van der Waals surface area contributed by atoms with Gasteiger partial charge in [-0.2, -0.15) is 0 Å². The molecule has 1 spiro atoms. The molecule has 8 nitrogen and oxygen atoms in total. The number of fused-ring (bicyclic) bond motifs is 3. The lowest BCUT2D eigenvalue weighted by molar-refractivity contribution is -0.134. The molecule has 0 unspecified atom stereocenters. The van der Waals surface area contributed by atoms with Crippen LogP contribution in [0.4, 0.5) is 10.1 Å². The molecule has 0 bridgehead atoms. The van der Waals surface area contributed by atoms with Gasteiger partial charge in [0.1, 0.15) is 23.0 Å². The van der Waals surface area contributed by atoms with Crippen molar-refractivity contribution in [1.82, 2.24) is 15.2 Å². The molecule has 37 heavy (non-hydrogen) atoms. The first-order valence-electron chi connectivity index (χ1n) is 12.0. The molecule has 0 aliphatic carbocycles. The summed E-state index contributed by atoms with van der Waals surface area (Å²) in [4.78, 5) is 48.0. The first-order valence-corrected chi connectivity index (χ1v) is 12.4. The predicted molar refractivity (Wildman–Crippen MR) is 137 cm³/mol. The average Bonchev–Trinajstić information content (AvgIpc) is 3.53. The number of carbonyl (C=O) groups excluding carboxylic acids is 3. The molecule has 1 fully saturated rings. The minimum atomic E-state index is -1.14. The SMILES string of the molecule is [C-]#[N+][C@@H]1C[C@@]2(CN1C(=O)[C@H](CC(C)C)NC(=O)c1cc3c(F)cccc3[nH]1)C(=O)Nc1cccc(Cl)c12. The van der Waals surface area contributed by atoms with Gasteiger partial charge in [-0.25, -0.2) is 11.0 Å². The molecule has 2 aliphatic rings. The molecular weight excluding hydrogens is 497 g/mol. The van der Waals surface area contributed by atoms with Crippen LogP contribution in [0.15, 0.2) is 42.5 Å². The highest BCUT2D eigenvalue weighted by atomic mass is 35.5. The topological polar surface area (TPSA) is 98.7 Å². The quantitative estimate of drug-likeness (QED) is 0.432. The zero-order chi connectivity index (χ0) is 26.5. The highest BCUT2D eigenvalue weighted by Crippen LogP contribution is 2.49. The number of nitrogens with zero attached hydrogens (tertiary/aromatic N) is 2. The molecular formula is C27H25ClFN5O3. The number of hydrogen-bond acceptors (Lipinski definition) is 3. The lowest BCUT2D eigenvalue weighted by Gasteiger charge is -2.26. The van der Waals surface area contributed by atoms with E-state index in [0.717, 1.165) is 0 Å². The predicted octanol–water partition coefficient (Wildman–Crippen LogP) is 4.47. The van der Waals surface area contributed by atoms with E-state index in [0.29, 0.717) is 28.2 Å². The third kappa shape index (κ3) is 4.11. The molecule has 3 amide bonds. The molecule has 3 atom stereocenters. The number of carbonyl (C=O) groups is 3. The number of nitrogens with one attached hydrogen (secondary N) is 3. The summed E-state index contributed by atoms with van der Waals surface area (Å²) in [6.07, 6.45) is -0.472. The van der Waals surface area contributed by atoms with E-state index in [1.807, 2.05) is 13.8 Å². The fourth-order valence-corrected chi connectivity index (χ4v) is 5.76. The van der Waals surface area contributed by atoms with Crippen LogP contribution in [0.3, 0.4) is 0 Å². The van der Waals surface area contributed by atoms with Gasteiger partial charge in [0.05, 0.1) is 6.42 Å². The Hall–Kier alpha value is -3.90. The summed E-state index contributed by atoms with van der Waals surface area (Å²) in [5, 5.41) is 6.28. The maximum Gasteiger partial charge on any atom is 0.302 e. The Labute approximate surface area is 218 Å². The Morgan fingerprint density at radius 1 is 1.30 bits per heavy atom. The second-order valence-electron chi connectivity index (χ2n) is 10.0. The zero-order valence-electron chi connectivity index (χ0n) is 20.3. The number of likely N-dealkylation sites (tertiary alicyclic amines) is 1. The van der Waals surface area contributed by atoms with Crippen molar-refractivity contribution in [2.75, 3.05) is 11.9 Å². The number of aromatic amines is 1. The second kappa shape index (κ2) is 9.20. The summed E-state index contributed by atoms with van der Waals surface area (Å²) in [5.41, 5.74) is 0.620. The lowest BCUT2D eigenvalue weighted by atomic mass is 9.80. The van der Waals surface area contributed by atoms with Crippen LogP contribution in [0.25, 0.3) is 15.7 Å². The van der Waals surface area contributed by atoms with Crippen LogP contribution in [-0.4, -0.2) is 46.4 Å². The van der Waals surface area contributed by atoms with Gasteiger partial charge >= 0.3 is 6.17 Å². The van der Waals surface area contributed by atoms with Crippen LogP contribution in [0.1, 0.15) is 42.7 Å². The van der Waals surface area contributed by atoms with Gasteiger partial charge in [-0.3, -0.25) is 24.1 Å². The van der Waals surface area contributed by atoms with Gasteiger partial charge in [-0.1, -0.05) is 37.6 Å². The van der Waals surface area contributed by atoms with Crippen LogP contribution in [0.5, 0.6) is 0 Å². The molecule has 1 aromatic heterocycles. The Kier molecular flexibility index (Phi) is 6.16.